The molecule has 1 N–H and O–H groups in total. The zero-order valence-electron chi connectivity index (χ0n) is 9.08. The molecule has 0 heterocycles. The molecule has 4 rings (SSSR count). The number of hydrogen-bond donors (Lipinski definition) is 1. The van der Waals surface area contributed by atoms with E-state index in [1.54, 1.807) is 6.92 Å². The van der Waals surface area contributed by atoms with E-state index in [2.05, 4.69) is 5.32 Å². The average Bonchev–Trinajstić information content (AvgIpc) is 2.10. The Balaban J connectivity index is 1.89. The molecule has 4 aliphatic rings. The number of hydrogen-bond acceptors (Lipinski definition) is 2. The van der Waals surface area contributed by atoms with Crippen molar-refractivity contribution in [3.8, 4) is 0 Å². The average molecular weight is 207 g/mol. The van der Waals surface area contributed by atoms with Crippen LogP contribution in [0.15, 0.2) is 0 Å². The van der Waals surface area contributed by atoms with Gasteiger partial charge < -0.3 is 5.32 Å². The van der Waals surface area contributed by atoms with E-state index in [0.29, 0.717) is 11.7 Å². The predicted octanol–water partition coefficient (Wildman–Crippen LogP) is 1.27. The maximum atomic E-state index is 11.9. The van der Waals surface area contributed by atoms with Crippen molar-refractivity contribution in [2.24, 2.45) is 17.8 Å². The van der Waals surface area contributed by atoms with Gasteiger partial charge in [0.15, 0.2) is 0 Å². The summed E-state index contributed by atoms with van der Waals surface area (Å²) in [5.41, 5.74) is -0.0176. The van der Waals surface area contributed by atoms with Gasteiger partial charge in [0.1, 0.15) is 5.78 Å². The van der Waals surface area contributed by atoms with Crippen LogP contribution in [-0.4, -0.2) is 17.2 Å². The standard InChI is InChI=1S/C12H17NO2/c1-7(14)13-12-4-8-2-9(5-12)11(15)10(3-8)6-12/h8-10H,2-6H2,1H3,(H,13,14)/t8?,9-,10-,12?/m0/s1. The summed E-state index contributed by atoms with van der Waals surface area (Å²) < 4.78 is 0. The Kier molecular flexibility index (Phi) is 1.77. The van der Waals surface area contributed by atoms with Gasteiger partial charge in [-0.1, -0.05) is 0 Å². The summed E-state index contributed by atoms with van der Waals surface area (Å²) in [7, 11) is 0. The summed E-state index contributed by atoms with van der Waals surface area (Å²) in [5, 5.41) is 3.12. The van der Waals surface area contributed by atoms with Gasteiger partial charge in [0.2, 0.25) is 5.91 Å². The second-order valence-corrected chi connectivity index (χ2v) is 5.71. The second kappa shape index (κ2) is 2.83. The zero-order valence-corrected chi connectivity index (χ0v) is 9.08. The number of carbonyl (C=O) groups is 2. The Morgan fingerprint density at radius 3 is 2.40 bits per heavy atom. The molecule has 0 saturated heterocycles. The molecule has 0 radical (unpaired) electrons. The fraction of sp³-hybridized carbons (Fsp3) is 0.833. The maximum absolute atomic E-state index is 11.9. The molecule has 15 heavy (non-hydrogen) atoms. The molecule has 4 aliphatic carbocycles. The monoisotopic (exact) mass is 207 g/mol. The molecule has 0 aliphatic heterocycles. The van der Waals surface area contributed by atoms with Gasteiger partial charge in [-0.3, -0.25) is 9.59 Å². The summed E-state index contributed by atoms with van der Waals surface area (Å²) in [6.07, 6.45) is 5.07. The topological polar surface area (TPSA) is 46.2 Å². The third kappa shape index (κ3) is 1.32. The highest BCUT2D eigenvalue weighted by Crippen LogP contribution is 2.53. The van der Waals surface area contributed by atoms with Crippen molar-refractivity contribution >= 4 is 11.7 Å². The van der Waals surface area contributed by atoms with Crippen molar-refractivity contribution in [3.63, 3.8) is 0 Å². The molecule has 82 valence electrons. The molecule has 0 aromatic heterocycles. The number of Topliss-reactive ketones (excluding diaryl/α,β-unsaturated/α-hetero) is 1. The first-order valence-corrected chi connectivity index (χ1v) is 5.90. The molecular formula is C12H17NO2. The van der Waals surface area contributed by atoms with Gasteiger partial charge in [-0.05, 0) is 38.0 Å². The van der Waals surface area contributed by atoms with E-state index in [1.807, 2.05) is 0 Å². The molecule has 3 heteroatoms. The summed E-state index contributed by atoms with van der Waals surface area (Å²) in [5.74, 6) is 1.73. The van der Waals surface area contributed by atoms with E-state index in [9.17, 15) is 9.59 Å². The molecule has 0 aromatic carbocycles. The predicted molar refractivity (Wildman–Crippen MR) is 55.1 cm³/mol. The Morgan fingerprint density at radius 2 is 1.87 bits per heavy atom. The Bertz CT molecular complexity index is 319. The van der Waals surface area contributed by atoms with Crippen LogP contribution < -0.4 is 5.32 Å². The first kappa shape index (κ1) is 9.37. The van der Waals surface area contributed by atoms with Crippen LogP contribution in [0.2, 0.25) is 0 Å². The summed E-state index contributed by atoms with van der Waals surface area (Å²) in [6.45, 7) is 1.58. The lowest BCUT2D eigenvalue weighted by molar-refractivity contribution is -0.145. The van der Waals surface area contributed by atoms with Crippen molar-refractivity contribution in [1.82, 2.24) is 5.32 Å². The second-order valence-electron chi connectivity index (χ2n) is 5.71. The lowest BCUT2D eigenvalue weighted by Crippen LogP contribution is -2.62. The van der Waals surface area contributed by atoms with E-state index in [4.69, 9.17) is 0 Å². The fourth-order valence-corrected chi connectivity index (χ4v) is 4.27. The van der Waals surface area contributed by atoms with Gasteiger partial charge in [-0.25, -0.2) is 0 Å². The van der Waals surface area contributed by atoms with E-state index in [-0.39, 0.29) is 23.3 Å². The third-order valence-corrected chi connectivity index (χ3v) is 4.44. The van der Waals surface area contributed by atoms with E-state index in [0.717, 1.165) is 32.1 Å². The minimum Gasteiger partial charge on any atom is -0.351 e. The van der Waals surface area contributed by atoms with Gasteiger partial charge in [-0.15, -0.1) is 0 Å². The van der Waals surface area contributed by atoms with Crippen LogP contribution >= 0.6 is 0 Å². The van der Waals surface area contributed by atoms with E-state index in [1.165, 1.54) is 0 Å². The fourth-order valence-electron chi connectivity index (χ4n) is 4.27. The van der Waals surface area contributed by atoms with Gasteiger partial charge in [0.25, 0.3) is 0 Å². The van der Waals surface area contributed by atoms with Crippen LogP contribution in [0.5, 0.6) is 0 Å². The molecule has 4 bridgehead atoms. The van der Waals surface area contributed by atoms with Crippen molar-refractivity contribution in [2.75, 3.05) is 0 Å². The van der Waals surface area contributed by atoms with Crippen LogP contribution in [0.1, 0.15) is 39.0 Å². The van der Waals surface area contributed by atoms with Crippen molar-refractivity contribution in [2.45, 2.75) is 44.6 Å². The third-order valence-electron chi connectivity index (χ3n) is 4.44. The number of ketones is 1. The molecule has 0 aromatic rings. The number of carbonyl (C=O) groups excluding carboxylic acids is 2. The van der Waals surface area contributed by atoms with Crippen LogP contribution in [-0.2, 0) is 9.59 Å². The molecule has 4 fully saturated rings. The van der Waals surface area contributed by atoms with Gasteiger partial charge >= 0.3 is 0 Å². The minimum atomic E-state index is -0.0176. The van der Waals surface area contributed by atoms with Gasteiger partial charge in [-0.2, -0.15) is 0 Å². The van der Waals surface area contributed by atoms with Crippen molar-refractivity contribution in [1.29, 1.82) is 0 Å². The van der Waals surface area contributed by atoms with Crippen LogP contribution in [0.3, 0.4) is 0 Å². The van der Waals surface area contributed by atoms with Crippen molar-refractivity contribution in [3.05, 3.63) is 0 Å². The van der Waals surface area contributed by atoms with E-state index >= 15 is 0 Å². The summed E-state index contributed by atoms with van der Waals surface area (Å²) >= 11 is 0. The Hall–Kier alpha value is -0.860. The Labute approximate surface area is 89.6 Å². The lowest BCUT2D eigenvalue weighted by atomic mass is 9.52. The highest BCUT2D eigenvalue weighted by atomic mass is 16.1. The summed E-state index contributed by atoms with van der Waals surface area (Å²) in [6, 6.07) is 0. The maximum Gasteiger partial charge on any atom is 0.217 e. The van der Waals surface area contributed by atoms with Crippen molar-refractivity contribution < 1.29 is 9.59 Å². The molecule has 2 atom stereocenters. The quantitative estimate of drug-likeness (QED) is 0.703. The van der Waals surface area contributed by atoms with Crippen LogP contribution in [0, 0.1) is 17.8 Å². The highest BCUT2D eigenvalue weighted by molar-refractivity contribution is 5.86. The van der Waals surface area contributed by atoms with Gasteiger partial charge in [0, 0.05) is 24.3 Å². The first-order chi connectivity index (χ1) is 7.08. The minimum absolute atomic E-state index is 0.0176. The highest BCUT2D eigenvalue weighted by Gasteiger charge is 2.55. The Morgan fingerprint density at radius 1 is 1.27 bits per heavy atom. The molecule has 1 amide bonds. The first-order valence-electron chi connectivity index (χ1n) is 5.90. The number of rotatable bonds is 1. The number of amides is 1. The van der Waals surface area contributed by atoms with E-state index < -0.39 is 0 Å². The molecule has 0 unspecified atom stereocenters. The normalized spacial score (nSPS) is 47.0. The van der Waals surface area contributed by atoms with Crippen LogP contribution in [0.4, 0.5) is 0 Å². The molecule has 3 nitrogen and oxygen atoms in total. The lowest BCUT2D eigenvalue weighted by Gasteiger charge is -2.55. The van der Waals surface area contributed by atoms with Gasteiger partial charge in [0.05, 0.1) is 0 Å². The summed E-state index contributed by atoms with van der Waals surface area (Å²) in [4.78, 5) is 23.1. The SMILES string of the molecule is CC(=O)NC12CC3C[C@@H](C1)C(=O)[C@@H](C3)C2. The molecule has 4 saturated carbocycles. The number of nitrogens with one attached hydrogen (secondary N) is 1. The largest absolute Gasteiger partial charge is 0.351 e. The molecule has 0 spiro atoms. The smallest absolute Gasteiger partial charge is 0.217 e. The van der Waals surface area contributed by atoms with Crippen LogP contribution in [0.25, 0.3) is 0 Å². The molecular weight excluding hydrogens is 190 g/mol. The zero-order chi connectivity index (χ0) is 10.6.